The van der Waals surface area contributed by atoms with Gasteiger partial charge in [-0.25, -0.2) is 0 Å². The molecule has 1 amide bonds. The zero-order valence-electron chi connectivity index (χ0n) is 15.0. The second-order valence-electron chi connectivity index (χ2n) is 5.80. The molecule has 3 rings (SSSR count). The molecular weight excluding hydrogens is 408 g/mol. The predicted molar refractivity (Wildman–Crippen MR) is 108 cm³/mol. The van der Waals surface area contributed by atoms with Gasteiger partial charge in [-0.1, -0.05) is 34.1 Å². The molecule has 3 aromatic rings. The number of aromatic nitrogens is 1. The van der Waals surface area contributed by atoms with E-state index in [0.29, 0.717) is 23.6 Å². The summed E-state index contributed by atoms with van der Waals surface area (Å²) in [5, 5.41) is 2.96. The Morgan fingerprint density at radius 1 is 1.07 bits per heavy atom. The lowest BCUT2D eigenvalue weighted by Gasteiger charge is -2.12. The fourth-order valence-corrected chi connectivity index (χ4v) is 3.11. The van der Waals surface area contributed by atoms with Crippen molar-refractivity contribution in [2.24, 2.45) is 0 Å². The lowest BCUT2D eigenvalue weighted by molar-refractivity contribution is 0.0951. The molecule has 0 saturated heterocycles. The van der Waals surface area contributed by atoms with E-state index >= 15 is 0 Å². The number of hydrogen-bond acceptors (Lipinski definition) is 4. The summed E-state index contributed by atoms with van der Waals surface area (Å²) in [4.78, 5) is 17.0. The molecule has 6 heteroatoms. The van der Waals surface area contributed by atoms with Gasteiger partial charge in [0.1, 0.15) is 0 Å². The van der Waals surface area contributed by atoms with E-state index < -0.39 is 0 Å². The molecule has 0 aliphatic rings. The molecule has 0 saturated carbocycles. The van der Waals surface area contributed by atoms with Crippen LogP contribution in [0.3, 0.4) is 0 Å². The molecule has 27 heavy (non-hydrogen) atoms. The van der Waals surface area contributed by atoms with Gasteiger partial charge in [0.2, 0.25) is 0 Å². The predicted octanol–water partition coefficient (Wildman–Crippen LogP) is 4.46. The summed E-state index contributed by atoms with van der Waals surface area (Å²) < 4.78 is 11.4. The second-order valence-corrected chi connectivity index (χ2v) is 6.72. The van der Waals surface area contributed by atoms with Crippen LogP contribution in [-0.4, -0.2) is 25.1 Å². The lowest BCUT2D eigenvalue weighted by atomic mass is 10.0. The monoisotopic (exact) mass is 426 g/mol. The first-order chi connectivity index (χ1) is 13.1. The smallest absolute Gasteiger partial charge is 0.252 e. The van der Waals surface area contributed by atoms with Gasteiger partial charge in [0, 0.05) is 34.5 Å². The van der Waals surface area contributed by atoms with Crippen LogP contribution in [0.5, 0.6) is 11.5 Å². The van der Waals surface area contributed by atoms with E-state index in [4.69, 9.17) is 9.47 Å². The third kappa shape index (κ3) is 4.46. The first-order valence-corrected chi connectivity index (χ1v) is 9.10. The minimum absolute atomic E-state index is 0.162. The van der Waals surface area contributed by atoms with Crippen LogP contribution in [-0.2, 0) is 6.54 Å². The zero-order chi connectivity index (χ0) is 19.2. The van der Waals surface area contributed by atoms with Gasteiger partial charge >= 0.3 is 0 Å². The molecule has 138 valence electrons. The number of ether oxygens (including phenoxy) is 2. The molecule has 5 nitrogen and oxygen atoms in total. The third-order valence-electron chi connectivity index (χ3n) is 4.10. The molecule has 0 atom stereocenters. The van der Waals surface area contributed by atoms with E-state index in [1.807, 2.05) is 48.5 Å². The van der Waals surface area contributed by atoms with Gasteiger partial charge < -0.3 is 14.8 Å². The number of benzene rings is 2. The average molecular weight is 427 g/mol. The molecule has 0 aliphatic carbocycles. The van der Waals surface area contributed by atoms with Gasteiger partial charge in [-0.05, 0) is 41.5 Å². The van der Waals surface area contributed by atoms with E-state index in [1.165, 1.54) is 0 Å². The second kappa shape index (κ2) is 8.68. The molecule has 0 fully saturated rings. The fraction of sp³-hybridized carbons (Fsp3) is 0.143. The van der Waals surface area contributed by atoms with E-state index in [2.05, 4.69) is 26.2 Å². The number of rotatable bonds is 6. The standard InChI is InChI=1S/C21H19BrN2O3/c1-26-19-8-5-14(10-20(19)27-2)12-24-21(25)18-11-16(22)6-7-17(18)15-4-3-9-23-13-15/h3-11,13H,12H2,1-2H3,(H,24,25). The van der Waals surface area contributed by atoms with Crippen molar-refractivity contribution < 1.29 is 14.3 Å². The molecule has 0 bridgehead atoms. The summed E-state index contributed by atoms with van der Waals surface area (Å²) in [5.41, 5.74) is 3.22. The largest absolute Gasteiger partial charge is 0.493 e. The number of nitrogens with one attached hydrogen (secondary N) is 1. The normalized spacial score (nSPS) is 10.3. The Bertz CT molecular complexity index is 945. The minimum atomic E-state index is -0.162. The maximum absolute atomic E-state index is 12.8. The minimum Gasteiger partial charge on any atom is -0.493 e. The third-order valence-corrected chi connectivity index (χ3v) is 4.59. The van der Waals surface area contributed by atoms with Gasteiger partial charge in [0.05, 0.1) is 14.2 Å². The number of carbonyl (C=O) groups excluding carboxylic acids is 1. The van der Waals surface area contributed by atoms with Crippen LogP contribution >= 0.6 is 15.9 Å². The van der Waals surface area contributed by atoms with Crippen molar-refractivity contribution in [3.8, 4) is 22.6 Å². The summed E-state index contributed by atoms with van der Waals surface area (Å²) in [6.07, 6.45) is 3.45. The van der Waals surface area contributed by atoms with E-state index in [0.717, 1.165) is 21.2 Å². The van der Waals surface area contributed by atoms with Gasteiger partial charge in [-0.15, -0.1) is 0 Å². The molecular formula is C21H19BrN2O3. The van der Waals surface area contributed by atoms with Crippen LogP contribution in [0.1, 0.15) is 15.9 Å². The molecule has 0 spiro atoms. The van der Waals surface area contributed by atoms with Crippen LogP contribution in [0.15, 0.2) is 65.4 Å². The highest BCUT2D eigenvalue weighted by molar-refractivity contribution is 9.10. The summed E-state index contributed by atoms with van der Waals surface area (Å²) in [7, 11) is 3.18. The highest BCUT2D eigenvalue weighted by Gasteiger charge is 2.14. The average Bonchev–Trinajstić information content (AvgIpc) is 2.72. The van der Waals surface area contributed by atoms with Crippen LogP contribution < -0.4 is 14.8 Å². The van der Waals surface area contributed by atoms with E-state index in [9.17, 15) is 4.79 Å². The Morgan fingerprint density at radius 2 is 1.89 bits per heavy atom. The number of pyridine rings is 1. The first-order valence-electron chi connectivity index (χ1n) is 8.31. The molecule has 0 unspecified atom stereocenters. The van der Waals surface area contributed by atoms with Gasteiger partial charge in [0.15, 0.2) is 11.5 Å². The summed E-state index contributed by atoms with van der Waals surface area (Å²) in [6.45, 7) is 0.373. The first kappa shape index (κ1) is 18.9. The Labute approximate surface area is 166 Å². The molecule has 0 radical (unpaired) electrons. The maximum Gasteiger partial charge on any atom is 0.252 e. The Hall–Kier alpha value is -2.86. The van der Waals surface area contributed by atoms with Crippen molar-refractivity contribution in [2.75, 3.05) is 14.2 Å². The number of carbonyl (C=O) groups is 1. The quantitative estimate of drug-likeness (QED) is 0.631. The molecule has 2 aromatic carbocycles. The van der Waals surface area contributed by atoms with Gasteiger partial charge in [-0.3, -0.25) is 9.78 Å². The number of nitrogens with zero attached hydrogens (tertiary/aromatic N) is 1. The van der Waals surface area contributed by atoms with Gasteiger partial charge in [-0.2, -0.15) is 0 Å². The molecule has 1 heterocycles. The molecule has 0 aliphatic heterocycles. The van der Waals surface area contributed by atoms with Crippen LogP contribution in [0.25, 0.3) is 11.1 Å². The van der Waals surface area contributed by atoms with E-state index in [1.54, 1.807) is 26.6 Å². The van der Waals surface area contributed by atoms with Gasteiger partial charge in [0.25, 0.3) is 5.91 Å². The lowest BCUT2D eigenvalue weighted by Crippen LogP contribution is -2.23. The van der Waals surface area contributed by atoms with E-state index in [-0.39, 0.29) is 5.91 Å². The number of halogens is 1. The Kier molecular flexibility index (Phi) is 6.08. The Balaban J connectivity index is 1.82. The van der Waals surface area contributed by atoms with Crippen molar-refractivity contribution >= 4 is 21.8 Å². The summed E-state index contributed by atoms with van der Waals surface area (Å²) >= 11 is 3.44. The SMILES string of the molecule is COc1ccc(CNC(=O)c2cc(Br)ccc2-c2cccnc2)cc1OC. The molecule has 1 N–H and O–H groups in total. The van der Waals surface area contributed by atoms with Crippen molar-refractivity contribution in [1.29, 1.82) is 0 Å². The Morgan fingerprint density at radius 3 is 2.59 bits per heavy atom. The van der Waals surface area contributed by atoms with Crippen molar-refractivity contribution in [3.05, 3.63) is 76.5 Å². The number of methoxy groups -OCH3 is 2. The summed E-state index contributed by atoms with van der Waals surface area (Å²) in [5.74, 6) is 1.12. The number of hydrogen-bond donors (Lipinski definition) is 1. The summed E-state index contributed by atoms with van der Waals surface area (Å²) in [6, 6.07) is 15.0. The zero-order valence-corrected chi connectivity index (χ0v) is 16.6. The van der Waals surface area contributed by atoms with Crippen molar-refractivity contribution in [1.82, 2.24) is 10.3 Å². The van der Waals surface area contributed by atoms with Crippen LogP contribution in [0.4, 0.5) is 0 Å². The fourth-order valence-electron chi connectivity index (χ4n) is 2.75. The highest BCUT2D eigenvalue weighted by Crippen LogP contribution is 2.28. The topological polar surface area (TPSA) is 60.5 Å². The number of amides is 1. The van der Waals surface area contributed by atoms with Crippen LogP contribution in [0, 0.1) is 0 Å². The van der Waals surface area contributed by atoms with Crippen molar-refractivity contribution in [2.45, 2.75) is 6.54 Å². The maximum atomic E-state index is 12.8. The molecule has 1 aromatic heterocycles. The highest BCUT2D eigenvalue weighted by atomic mass is 79.9. The van der Waals surface area contributed by atoms with Crippen LogP contribution in [0.2, 0.25) is 0 Å². The van der Waals surface area contributed by atoms with Crippen molar-refractivity contribution in [3.63, 3.8) is 0 Å².